The Kier molecular flexibility index (Phi) is 5.76. The summed E-state index contributed by atoms with van der Waals surface area (Å²) in [5.41, 5.74) is -0.257. The topological polar surface area (TPSA) is 80.7 Å². The Morgan fingerprint density at radius 3 is 2.48 bits per heavy atom. The van der Waals surface area contributed by atoms with Crippen LogP contribution in [-0.4, -0.2) is 44.6 Å². The van der Waals surface area contributed by atoms with Gasteiger partial charge >= 0.3 is 12.1 Å². The van der Waals surface area contributed by atoms with E-state index in [1.54, 1.807) is 0 Å². The molecule has 5 nitrogen and oxygen atoms in total. The maximum Gasteiger partial charge on any atom is 0.411 e. The fourth-order valence-corrected chi connectivity index (χ4v) is 2.90. The lowest BCUT2D eigenvalue weighted by molar-refractivity contribution is -0.172. The van der Waals surface area contributed by atoms with Gasteiger partial charge in [0, 0.05) is 4.47 Å². The molecule has 0 atom stereocenters. The van der Waals surface area contributed by atoms with Crippen LogP contribution in [0.15, 0.2) is 27.6 Å². The van der Waals surface area contributed by atoms with Gasteiger partial charge in [0.1, 0.15) is 6.61 Å². The summed E-state index contributed by atoms with van der Waals surface area (Å²) in [5.74, 6) is -2.00. The molecule has 0 heterocycles. The summed E-state index contributed by atoms with van der Waals surface area (Å²) in [6.45, 7) is -2.18. The van der Waals surface area contributed by atoms with E-state index in [2.05, 4.69) is 20.7 Å². The third kappa shape index (κ3) is 5.64. The first-order valence-corrected chi connectivity index (χ1v) is 7.87. The van der Waals surface area contributed by atoms with Crippen LogP contribution in [0.1, 0.15) is 10.4 Å². The Labute approximate surface area is 126 Å². The molecule has 10 heteroatoms. The Morgan fingerprint density at radius 1 is 1.33 bits per heavy atom. The van der Waals surface area contributed by atoms with E-state index in [1.165, 1.54) is 6.07 Å². The van der Waals surface area contributed by atoms with Gasteiger partial charge in [0.15, 0.2) is 9.84 Å². The van der Waals surface area contributed by atoms with E-state index in [4.69, 9.17) is 5.11 Å². The van der Waals surface area contributed by atoms with Gasteiger partial charge in [0.05, 0.1) is 22.8 Å². The van der Waals surface area contributed by atoms with Gasteiger partial charge in [-0.1, -0.05) is 0 Å². The van der Waals surface area contributed by atoms with Crippen molar-refractivity contribution in [1.82, 2.24) is 0 Å². The monoisotopic (exact) mass is 390 g/mol. The van der Waals surface area contributed by atoms with E-state index in [0.29, 0.717) is 0 Å². The SMILES string of the molecule is O=C(O)c1cc(S(=O)(=O)CCOCC(F)(F)F)ccc1Br. The maximum atomic E-state index is 11.9. The van der Waals surface area contributed by atoms with Crippen LogP contribution >= 0.6 is 15.9 Å². The predicted octanol–water partition coefficient (Wildman–Crippen LogP) is 2.50. The van der Waals surface area contributed by atoms with Gasteiger partial charge in [0.25, 0.3) is 0 Å². The Balaban J connectivity index is 2.79. The number of carboxylic acids is 1. The van der Waals surface area contributed by atoms with Crippen LogP contribution in [-0.2, 0) is 14.6 Å². The zero-order chi connectivity index (χ0) is 16.3. The molecule has 1 rings (SSSR count). The third-order valence-electron chi connectivity index (χ3n) is 2.29. The highest BCUT2D eigenvalue weighted by Gasteiger charge is 2.28. The van der Waals surface area contributed by atoms with Crippen molar-refractivity contribution in [3.05, 3.63) is 28.2 Å². The molecular weight excluding hydrogens is 381 g/mol. The summed E-state index contributed by atoms with van der Waals surface area (Å²) in [7, 11) is -3.93. The lowest BCUT2D eigenvalue weighted by atomic mass is 10.2. The Morgan fingerprint density at radius 2 is 1.95 bits per heavy atom. The van der Waals surface area contributed by atoms with E-state index in [1.807, 2.05) is 0 Å². The van der Waals surface area contributed by atoms with Crippen LogP contribution in [0.3, 0.4) is 0 Å². The molecule has 21 heavy (non-hydrogen) atoms. The second-order valence-electron chi connectivity index (χ2n) is 3.93. The van der Waals surface area contributed by atoms with Gasteiger partial charge < -0.3 is 9.84 Å². The van der Waals surface area contributed by atoms with E-state index in [-0.39, 0.29) is 14.9 Å². The van der Waals surface area contributed by atoms with E-state index in [9.17, 15) is 26.4 Å². The molecule has 0 unspecified atom stereocenters. The number of alkyl halides is 3. The Bertz CT molecular complexity index is 627. The molecule has 0 aliphatic rings. The fraction of sp³-hybridized carbons (Fsp3) is 0.364. The molecule has 118 valence electrons. The summed E-state index contributed by atoms with van der Waals surface area (Å²) in [4.78, 5) is 10.6. The third-order valence-corrected chi connectivity index (χ3v) is 4.66. The fourth-order valence-electron chi connectivity index (χ4n) is 1.34. The van der Waals surface area contributed by atoms with Gasteiger partial charge in [-0.25, -0.2) is 13.2 Å². The van der Waals surface area contributed by atoms with Crippen molar-refractivity contribution in [2.75, 3.05) is 19.0 Å². The molecule has 0 bridgehead atoms. The molecule has 0 aromatic heterocycles. The van der Waals surface area contributed by atoms with Gasteiger partial charge in [-0.05, 0) is 34.1 Å². The van der Waals surface area contributed by atoms with Crippen molar-refractivity contribution in [3.8, 4) is 0 Å². The minimum absolute atomic E-state index is 0.197. The van der Waals surface area contributed by atoms with Crippen LogP contribution < -0.4 is 0 Å². The van der Waals surface area contributed by atoms with Gasteiger partial charge in [-0.3, -0.25) is 0 Å². The summed E-state index contributed by atoms with van der Waals surface area (Å²) in [6, 6.07) is 3.34. The van der Waals surface area contributed by atoms with Crippen molar-refractivity contribution in [1.29, 1.82) is 0 Å². The van der Waals surface area contributed by atoms with Crippen molar-refractivity contribution in [3.63, 3.8) is 0 Å². The highest BCUT2D eigenvalue weighted by Crippen LogP contribution is 2.22. The van der Waals surface area contributed by atoms with Crippen molar-refractivity contribution in [2.45, 2.75) is 11.1 Å². The molecule has 1 aromatic rings. The average molecular weight is 391 g/mol. The number of carboxylic acid groups (broad SMARTS) is 1. The van der Waals surface area contributed by atoms with E-state index < -0.39 is 40.9 Å². The number of ether oxygens (including phenoxy) is 1. The number of carbonyl (C=O) groups is 1. The molecule has 0 saturated carbocycles. The Hall–Kier alpha value is -1.13. The lowest BCUT2D eigenvalue weighted by Gasteiger charge is -2.09. The number of benzene rings is 1. The standard InChI is InChI=1S/C11H10BrF3O5S/c12-9-2-1-7(5-8(9)10(16)17)21(18,19)4-3-20-6-11(13,14)15/h1-2,5H,3-4,6H2,(H,16,17). The van der Waals surface area contributed by atoms with Crippen LogP contribution in [0, 0.1) is 0 Å². The minimum atomic E-state index is -4.53. The molecule has 0 amide bonds. The van der Waals surface area contributed by atoms with Gasteiger partial charge in [-0.2, -0.15) is 13.2 Å². The molecule has 0 aliphatic heterocycles. The van der Waals surface area contributed by atoms with Crippen molar-refractivity contribution >= 4 is 31.7 Å². The van der Waals surface area contributed by atoms with Crippen LogP contribution in [0.2, 0.25) is 0 Å². The minimum Gasteiger partial charge on any atom is -0.478 e. The smallest absolute Gasteiger partial charge is 0.411 e. The van der Waals surface area contributed by atoms with Crippen LogP contribution in [0.5, 0.6) is 0 Å². The first kappa shape index (κ1) is 17.9. The average Bonchev–Trinajstić information content (AvgIpc) is 2.33. The number of rotatable bonds is 6. The van der Waals surface area contributed by atoms with Crippen LogP contribution in [0.4, 0.5) is 13.2 Å². The zero-order valence-electron chi connectivity index (χ0n) is 10.4. The number of hydrogen-bond acceptors (Lipinski definition) is 4. The quantitative estimate of drug-likeness (QED) is 0.754. The van der Waals surface area contributed by atoms with Gasteiger partial charge in [0.2, 0.25) is 0 Å². The number of hydrogen-bond donors (Lipinski definition) is 1. The van der Waals surface area contributed by atoms with Crippen molar-refractivity contribution < 1.29 is 36.2 Å². The highest BCUT2D eigenvalue weighted by atomic mass is 79.9. The molecule has 0 fully saturated rings. The maximum absolute atomic E-state index is 11.9. The summed E-state index contributed by atoms with van der Waals surface area (Å²) in [6.07, 6.45) is -4.53. The molecule has 1 aromatic carbocycles. The molecule has 0 saturated heterocycles. The summed E-state index contributed by atoms with van der Waals surface area (Å²) in [5, 5.41) is 8.88. The molecule has 0 spiro atoms. The second kappa shape index (κ2) is 6.75. The normalized spacial score (nSPS) is 12.4. The largest absolute Gasteiger partial charge is 0.478 e. The first-order valence-electron chi connectivity index (χ1n) is 5.43. The molecular formula is C11H10BrF3O5S. The predicted molar refractivity (Wildman–Crippen MR) is 70.0 cm³/mol. The van der Waals surface area contributed by atoms with Gasteiger partial charge in [-0.15, -0.1) is 0 Å². The highest BCUT2D eigenvalue weighted by molar-refractivity contribution is 9.10. The lowest BCUT2D eigenvalue weighted by Crippen LogP contribution is -2.20. The first-order chi connectivity index (χ1) is 9.53. The van der Waals surface area contributed by atoms with E-state index >= 15 is 0 Å². The second-order valence-corrected chi connectivity index (χ2v) is 6.90. The number of aromatic carboxylic acids is 1. The molecule has 1 N–H and O–H groups in total. The molecule has 0 radical (unpaired) electrons. The van der Waals surface area contributed by atoms with E-state index in [0.717, 1.165) is 12.1 Å². The molecule has 0 aliphatic carbocycles. The number of sulfone groups is 1. The summed E-state index contributed by atoms with van der Waals surface area (Å²) < 4.78 is 63.7. The number of halogens is 4. The van der Waals surface area contributed by atoms with Crippen LogP contribution in [0.25, 0.3) is 0 Å². The summed E-state index contributed by atoms with van der Waals surface area (Å²) >= 11 is 2.96. The zero-order valence-corrected chi connectivity index (χ0v) is 12.8. The van der Waals surface area contributed by atoms with Crippen molar-refractivity contribution in [2.24, 2.45) is 0 Å².